The largest absolute Gasteiger partial charge is 0.381 e. The molecule has 1 aromatic heterocycles. The van der Waals surface area contributed by atoms with E-state index < -0.39 is 0 Å². The quantitative estimate of drug-likeness (QED) is 0.821. The summed E-state index contributed by atoms with van der Waals surface area (Å²) in [4.78, 5) is 11.2. The molecule has 0 aromatic carbocycles. The predicted molar refractivity (Wildman–Crippen MR) is 63.7 cm³/mol. The zero-order valence-corrected chi connectivity index (χ0v) is 9.77. The molecule has 88 valence electrons. The number of hydrogen-bond acceptors (Lipinski definition) is 3. The summed E-state index contributed by atoms with van der Waals surface area (Å²) in [6.45, 7) is 2.90. The molecule has 0 saturated carbocycles. The molecule has 0 radical (unpaired) electrons. The van der Waals surface area contributed by atoms with Gasteiger partial charge in [0.15, 0.2) is 0 Å². The molecule has 4 heteroatoms. The van der Waals surface area contributed by atoms with Crippen LogP contribution in [0.3, 0.4) is 0 Å². The van der Waals surface area contributed by atoms with Crippen LogP contribution in [-0.4, -0.2) is 23.3 Å². The fourth-order valence-electron chi connectivity index (χ4n) is 2.04. The van der Waals surface area contributed by atoms with Crippen molar-refractivity contribution in [1.29, 1.82) is 0 Å². The van der Waals surface area contributed by atoms with E-state index in [9.17, 15) is 4.79 Å². The number of aromatic nitrogens is 1. The van der Waals surface area contributed by atoms with Gasteiger partial charge in [-0.2, -0.15) is 0 Å². The smallest absolute Gasteiger partial charge is 0.250 e. The third-order valence-electron chi connectivity index (χ3n) is 2.94. The molecular weight excluding hydrogens is 204 g/mol. The Bertz CT molecular complexity index is 414. The van der Waals surface area contributed by atoms with Crippen molar-refractivity contribution in [2.24, 2.45) is 7.05 Å². The first-order valence-corrected chi connectivity index (χ1v) is 5.70. The van der Waals surface area contributed by atoms with Crippen molar-refractivity contribution in [2.45, 2.75) is 31.9 Å². The van der Waals surface area contributed by atoms with E-state index in [-0.39, 0.29) is 5.56 Å². The number of nitrogens with one attached hydrogen (secondary N) is 1. The first-order chi connectivity index (χ1) is 7.65. The molecular formula is C12H18N2O2. The molecule has 1 aliphatic heterocycles. The highest BCUT2D eigenvalue weighted by atomic mass is 16.5. The van der Waals surface area contributed by atoms with Gasteiger partial charge in [-0.25, -0.2) is 0 Å². The van der Waals surface area contributed by atoms with Gasteiger partial charge < -0.3 is 14.6 Å². The molecule has 1 N–H and O–H groups in total. The highest BCUT2D eigenvalue weighted by Crippen LogP contribution is 2.17. The summed E-state index contributed by atoms with van der Waals surface area (Å²) < 4.78 is 7.08. The Hall–Kier alpha value is -1.29. The zero-order chi connectivity index (χ0) is 11.5. The Morgan fingerprint density at radius 2 is 2.31 bits per heavy atom. The maximum atomic E-state index is 11.2. The number of nitrogens with zero attached hydrogens (tertiary/aromatic N) is 1. The normalized spacial score (nSPS) is 25.4. The SMILES string of the molecule is CC1CC(Nc2ccc(=O)n(C)c2)CCO1. The van der Waals surface area contributed by atoms with Crippen LogP contribution < -0.4 is 10.9 Å². The number of aryl methyl sites for hydroxylation is 1. The van der Waals surface area contributed by atoms with Crippen LogP contribution in [0.5, 0.6) is 0 Å². The van der Waals surface area contributed by atoms with Crippen LogP contribution in [0, 0.1) is 0 Å². The Morgan fingerprint density at radius 3 is 3.00 bits per heavy atom. The lowest BCUT2D eigenvalue weighted by molar-refractivity contribution is 0.0232. The number of anilines is 1. The monoisotopic (exact) mass is 222 g/mol. The van der Waals surface area contributed by atoms with Crippen LogP contribution >= 0.6 is 0 Å². The molecule has 4 nitrogen and oxygen atoms in total. The summed E-state index contributed by atoms with van der Waals surface area (Å²) in [6, 6.07) is 3.87. The second-order valence-electron chi connectivity index (χ2n) is 4.41. The predicted octanol–water partition coefficient (Wildman–Crippen LogP) is 1.36. The first kappa shape index (κ1) is 11.2. The van der Waals surface area contributed by atoms with Crippen LogP contribution in [0.25, 0.3) is 0 Å². The van der Waals surface area contributed by atoms with Crippen molar-refractivity contribution in [2.75, 3.05) is 11.9 Å². The lowest BCUT2D eigenvalue weighted by Crippen LogP contribution is -2.32. The maximum absolute atomic E-state index is 11.2. The Balaban J connectivity index is 2.03. The molecule has 0 spiro atoms. The van der Waals surface area contributed by atoms with Gasteiger partial charge >= 0.3 is 0 Å². The van der Waals surface area contributed by atoms with Gasteiger partial charge in [0, 0.05) is 32.0 Å². The Morgan fingerprint density at radius 1 is 1.50 bits per heavy atom. The molecule has 2 heterocycles. The van der Waals surface area contributed by atoms with Crippen LogP contribution in [0.4, 0.5) is 5.69 Å². The van der Waals surface area contributed by atoms with Gasteiger partial charge in [-0.05, 0) is 25.8 Å². The van der Waals surface area contributed by atoms with Gasteiger partial charge in [-0.3, -0.25) is 4.79 Å². The minimum Gasteiger partial charge on any atom is -0.381 e. The Kier molecular flexibility index (Phi) is 3.29. The number of hydrogen-bond donors (Lipinski definition) is 1. The van der Waals surface area contributed by atoms with Crippen molar-refractivity contribution < 1.29 is 4.74 Å². The second kappa shape index (κ2) is 4.70. The molecule has 2 atom stereocenters. The third-order valence-corrected chi connectivity index (χ3v) is 2.94. The first-order valence-electron chi connectivity index (χ1n) is 5.70. The van der Waals surface area contributed by atoms with Gasteiger partial charge in [0.2, 0.25) is 5.56 Å². The summed E-state index contributed by atoms with van der Waals surface area (Å²) >= 11 is 0. The minimum atomic E-state index is 0.0193. The van der Waals surface area contributed by atoms with E-state index in [1.54, 1.807) is 17.7 Å². The zero-order valence-electron chi connectivity index (χ0n) is 9.77. The van der Waals surface area contributed by atoms with Gasteiger partial charge in [-0.1, -0.05) is 0 Å². The van der Waals surface area contributed by atoms with Gasteiger partial charge in [0.25, 0.3) is 0 Å². The van der Waals surface area contributed by atoms with E-state index in [0.29, 0.717) is 12.1 Å². The van der Waals surface area contributed by atoms with Crippen molar-refractivity contribution in [3.8, 4) is 0 Å². The molecule has 1 saturated heterocycles. The maximum Gasteiger partial charge on any atom is 0.250 e. The molecule has 2 rings (SSSR count). The average Bonchev–Trinajstić information content (AvgIpc) is 2.24. The van der Waals surface area contributed by atoms with Crippen molar-refractivity contribution in [1.82, 2.24) is 4.57 Å². The lowest BCUT2D eigenvalue weighted by atomic mass is 10.0. The molecule has 0 amide bonds. The fraction of sp³-hybridized carbons (Fsp3) is 0.583. The van der Waals surface area contributed by atoms with Gasteiger partial charge in [-0.15, -0.1) is 0 Å². The number of rotatable bonds is 2. The van der Waals surface area contributed by atoms with Crippen LogP contribution in [0.1, 0.15) is 19.8 Å². The topological polar surface area (TPSA) is 43.3 Å². The molecule has 1 aromatic rings. The summed E-state index contributed by atoms with van der Waals surface area (Å²) in [6.07, 6.45) is 4.19. The summed E-state index contributed by atoms with van der Waals surface area (Å²) in [7, 11) is 1.76. The van der Waals surface area contributed by atoms with Gasteiger partial charge in [0.1, 0.15) is 0 Å². The van der Waals surface area contributed by atoms with Crippen molar-refractivity contribution in [3.05, 3.63) is 28.7 Å². The summed E-state index contributed by atoms with van der Waals surface area (Å²) in [5, 5.41) is 3.44. The molecule has 0 aliphatic carbocycles. The van der Waals surface area contributed by atoms with E-state index in [4.69, 9.17) is 4.74 Å². The van der Waals surface area contributed by atoms with Gasteiger partial charge in [0.05, 0.1) is 11.8 Å². The summed E-state index contributed by atoms with van der Waals surface area (Å²) in [5.41, 5.74) is 1.02. The molecule has 1 fully saturated rings. The highest BCUT2D eigenvalue weighted by Gasteiger charge is 2.18. The molecule has 2 unspecified atom stereocenters. The number of ether oxygens (including phenoxy) is 1. The molecule has 0 bridgehead atoms. The van der Waals surface area contributed by atoms with E-state index in [1.165, 1.54) is 0 Å². The average molecular weight is 222 g/mol. The van der Waals surface area contributed by atoms with Crippen LogP contribution in [0.15, 0.2) is 23.1 Å². The van der Waals surface area contributed by atoms with Crippen LogP contribution in [-0.2, 0) is 11.8 Å². The lowest BCUT2D eigenvalue weighted by Gasteiger charge is -2.28. The highest BCUT2D eigenvalue weighted by molar-refractivity contribution is 5.41. The van der Waals surface area contributed by atoms with E-state index >= 15 is 0 Å². The standard InChI is InChI=1S/C12H18N2O2/c1-9-7-10(5-6-16-9)13-11-3-4-12(15)14(2)8-11/h3-4,8-10,13H,5-7H2,1-2H3. The van der Waals surface area contributed by atoms with E-state index in [0.717, 1.165) is 25.1 Å². The Labute approximate surface area is 95.2 Å². The van der Waals surface area contributed by atoms with Crippen molar-refractivity contribution in [3.63, 3.8) is 0 Å². The molecule has 16 heavy (non-hydrogen) atoms. The van der Waals surface area contributed by atoms with Crippen molar-refractivity contribution >= 4 is 5.69 Å². The third kappa shape index (κ3) is 2.64. The minimum absolute atomic E-state index is 0.0193. The van der Waals surface area contributed by atoms with Crippen LogP contribution in [0.2, 0.25) is 0 Å². The second-order valence-corrected chi connectivity index (χ2v) is 4.41. The fourth-order valence-corrected chi connectivity index (χ4v) is 2.04. The number of pyridine rings is 1. The van der Waals surface area contributed by atoms with E-state index in [2.05, 4.69) is 12.2 Å². The summed E-state index contributed by atoms with van der Waals surface area (Å²) in [5.74, 6) is 0. The molecule has 1 aliphatic rings. The van der Waals surface area contributed by atoms with E-state index in [1.807, 2.05) is 12.3 Å².